The van der Waals surface area contributed by atoms with Gasteiger partial charge in [0.2, 0.25) is 5.91 Å². The van der Waals surface area contributed by atoms with Crippen molar-refractivity contribution in [3.05, 3.63) is 71.0 Å². The molecule has 28 heavy (non-hydrogen) atoms. The van der Waals surface area contributed by atoms with Gasteiger partial charge in [0.1, 0.15) is 18.2 Å². The molecule has 0 saturated carbocycles. The third kappa shape index (κ3) is 4.37. The number of rotatable bonds is 7. The third-order valence-electron chi connectivity index (χ3n) is 4.52. The number of imidazole rings is 1. The number of carbonyl (C=O) groups is 1. The van der Waals surface area contributed by atoms with Gasteiger partial charge in [-0.1, -0.05) is 30.3 Å². The Morgan fingerprint density at radius 3 is 2.79 bits per heavy atom. The largest absolute Gasteiger partial charge is 0.492 e. The standard InChI is InChI=1S/C22H24ClN3O2/c1-14(2)22(27)24-16(4)21-25-19-7-5-6-8-20(19)26(21)11-12-28-17-9-10-18(23)15(3)13-17/h5-10,13,16H,1,11-12H2,2-4H3,(H,24,27). The van der Waals surface area contributed by atoms with Gasteiger partial charge in [-0.3, -0.25) is 4.79 Å². The number of aryl methyl sites for hydroxylation is 1. The molecule has 3 rings (SSSR count). The Morgan fingerprint density at radius 1 is 1.32 bits per heavy atom. The minimum atomic E-state index is -0.255. The first kappa shape index (κ1) is 20.0. The zero-order valence-corrected chi connectivity index (χ0v) is 17.1. The van der Waals surface area contributed by atoms with E-state index < -0.39 is 0 Å². The summed E-state index contributed by atoms with van der Waals surface area (Å²) in [4.78, 5) is 16.8. The van der Waals surface area contributed by atoms with Crippen LogP contribution in [0.5, 0.6) is 5.75 Å². The van der Waals surface area contributed by atoms with E-state index in [1.165, 1.54) is 0 Å². The average molecular weight is 398 g/mol. The lowest BCUT2D eigenvalue weighted by atomic mass is 10.2. The Kier molecular flexibility index (Phi) is 6.05. The van der Waals surface area contributed by atoms with E-state index in [0.717, 1.165) is 33.2 Å². The molecule has 6 heteroatoms. The maximum atomic E-state index is 12.0. The summed E-state index contributed by atoms with van der Waals surface area (Å²) in [6.07, 6.45) is 0. The molecule has 0 aliphatic rings. The molecule has 1 N–H and O–H groups in total. The second kappa shape index (κ2) is 8.48. The zero-order chi connectivity index (χ0) is 20.3. The number of ether oxygens (including phenoxy) is 1. The van der Waals surface area contributed by atoms with Gasteiger partial charge in [0, 0.05) is 10.6 Å². The highest BCUT2D eigenvalue weighted by atomic mass is 35.5. The van der Waals surface area contributed by atoms with Gasteiger partial charge in [0.15, 0.2) is 0 Å². The van der Waals surface area contributed by atoms with Crippen LogP contribution in [-0.4, -0.2) is 22.1 Å². The number of hydrogen-bond acceptors (Lipinski definition) is 3. The minimum Gasteiger partial charge on any atom is -0.492 e. The number of hydrogen-bond donors (Lipinski definition) is 1. The quantitative estimate of drug-likeness (QED) is 0.581. The number of carbonyl (C=O) groups excluding carboxylic acids is 1. The molecular weight excluding hydrogens is 374 g/mol. The fourth-order valence-corrected chi connectivity index (χ4v) is 3.12. The molecule has 3 aromatic rings. The Morgan fingerprint density at radius 2 is 2.07 bits per heavy atom. The summed E-state index contributed by atoms with van der Waals surface area (Å²) in [5, 5.41) is 3.66. The van der Waals surface area contributed by atoms with Gasteiger partial charge in [-0.05, 0) is 56.7 Å². The molecule has 146 valence electrons. The number of fused-ring (bicyclic) bond motifs is 1. The predicted octanol–water partition coefficient (Wildman–Crippen LogP) is 4.83. The number of benzene rings is 2. The van der Waals surface area contributed by atoms with Gasteiger partial charge in [-0.15, -0.1) is 0 Å². The molecule has 0 fully saturated rings. The molecule has 1 heterocycles. The predicted molar refractivity (Wildman–Crippen MR) is 113 cm³/mol. The average Bonchev–Trinajstić information content (AvgIpc) is 3.03. The van der Waals surface area contributed by atoms with Gasteiger partial charge in [0.25, 0.3) is 0 Å². The topological polar surface area (TPSA) is 56.2 Å². The van der Waals surface area contributed by atoms with Crippen LogP contribution in [0.2, 0.25) is 5.02 Å². The highest BCUT2D eigenvalue weighted by Gasteiger charge is 2.18. The van der Waals surface area contributed by atoms with Crippen LogP contribution in [0.4, 0.5) is 0 Å². The summed E-state index contributed by atoms with van der Waals surface area (Å²) in [5.74, 6) is 1.38. The van der Waals surface area contributed by atoms with E-state index in [0.29, 0.717) is 18.7 Å². The smallest absolute Gasteiger partial charge is 0.246 e. The van der Waals surface area contributed by atoms with E-state index in [1.807, 2.05) is 56.3 Å². The van der Waals surface area contributed by atoms with Crippen molar-refractivity contribution in [2.45, 2.75) is 33.4 Å². The van der Waals surface area contributed by atoms with Crippen molar-refractivity contribution in [1.82, 2.24) is 14.9 Å². The van der Waals surface area contributed by atoms with Crippen molar-refractivity contribution < 1.29 is 9.53 Å². The number of aromatic nitrogens is 2. The fraction of sp³-hybridized carbons (Fsp3) is 0.273. The molecule has 1 atom stereocenters. The molecular formula is C22H24ClN3O2. The van der Waals surface area contributed by atoms with E-state index in [9.17, 15) is 4.79 Å². The zero-order valence-electron chi connectivity index (χ0n) is 16.3. The van der Waals surface area contributed by atoms with Crippen LogP contribution in [0, 0.1) is 6.92 Å². The molecule has 0 aliphatic heterocycles. The molecule has 5 nitrogen and oxygen atoms in total. The summed E-state index contributed by atoms with van der Waals surface area (Å²) in [5.41, 5.74) is 3.33. The maximum absolute atomic E-state index is 12.0. The van der Waals surface area contributed by atoms with Gasteiger partial charge < -0.3 is 14.6 Å². The molecule has 1 unspecified atom stereocenters. The summed E-state index contributed by atoms with van der Waals surface area (Å²) >= 11 is 6.07. The SMILES string of the molecule is C=C(C)C(=O)NC(C)c1nc2ccccc2n1CCOc1ccc(Cl)c(C)c1. The number of para-hydroxylation sites is 2. The third-order valence-corrected chi connectivity index (χ3v) is 4.94. The van der Waals surface area contributed by atoms with Crippen molar-refractivity contribution in [2.75, 3.05) is 6.61 Å². The molecule has 1 amide bonds. The lowest BCUT2D eigenvalue weighted by molar-refractivity contribution is -0.118. The lowest BCUT2D eigenvalue weighted by Gasteiger charge is -2.17. The molecule has 0 saturated heterocycles. The minimum absolute atomic E-state index is 0.181. The van der Waals surface area contributed by atoms with Gasteiger partial charge in [-0.25, -0.2) is 4.98 Å². The van der Waals surface area contributed by atoms with Gasteiger partial charge in [-0.2, -0.15) is 0 Å². The molecule has 0 radical (unpaired) electrons. The van der Waals surface area contributed by atoms with Crippen LogP contribution in [-0.2, 0) is 11.3 Å². The lowest BCUT2D eigenvalue weighted by Crippen LogP contribution is -2.29. The first-order valence-corrected chi connectivity index (χ1v) is 9.55. The van der Waals surface area contributed by atoms with Gasteiger partial charge >= 0.3 is 0 Å². The first-order valence-electron chi connectivity index (χ1n) is 9.17. The van der Waals surface area contributed by atoms with Crippen molar-refractivity contribution >= 4 is 28.5 Å². The first-order chi connectivity index (χ1) is 13.4. The van der Waals surface area contributed by atoms with Crippen LogP contribution >= 0.6 is 11.6 Å². The van der Waals surface area contributed by atoms with E-state index in [2.05, 4.69) is 16.5 Å². The second-order valence-corrected chi connectivity index (χ2v) is 7.25. The Labute approximate surface area is 170 Å². The highest BCUT2D eigenvalue weighted by Crippen LogP contribution is 2.23. The van der Waals surface area contributed by atoms with E-state index >= 15 is 0 Å². The molecule has 0 aliphatic carbocycles. The Balaban J connectivity index is 1.81. The van der Waals surface area contributed by atoms with Crippen LogP contribution in [0.25, 0.3) is 11.0 Å². The van der Waals surface area contributed by atoms with Crippen molar-refractivity contribution in [3.63, 3.8) is 0 Å². The molecule has 2 aromatic carbocycles. The van der Waals surface area contributed by atoms with E-state index in [1.54, 1.807) is 6.92 Å². The van der Waals surface area contributed by atoms with Crippen LogP contribution in [0.15, 0.2) is 54.6 Å². The maximum Gasteiger partial charge on any atom is 0.246 e. The normalized spacial score (nSPS) is 12.0. The Hall–Kier alpha value is -2.79. The number of halogens is 1. The van der Waals surface area contributed by atoms with Crippen molar-refractivity contribution in [1.29, 1.82) is 0 Å². The van der Waals surface area contributed by atoms with E-state index in [-0.39, 0.29) is 11.9 Å². The van der Waals surface area contributed by atoms with Crippen LogP contribution in [0.1, 0.15) is 31.3 Å². The van der Waals surface area contributed by atoms with Crippen LogP contribution < -0.4 is 10.1 Å². The van der Waals surface area contributed by atoms with Crippen molar-refractivity contribution in [3.8, 4) is 5.75 Å². The Bertz CT molecular complexity index is 1030. The van der Waals surface area contributed by atoms with Gasteiger partial charge in [0.05, 0.1) is 23.6 Å². The van der Waals surface area contributed by atoms with Crippen molar-refractivity contribution in [2.24, 2.45) is 0 Å². The summed E-state index contributed by atoms with van der Waals surface area (Å²) in [6.45, 7) is 10.3. The van der Waals surface area contributed by atoms with E-state index in [4.69, 9.17) is 21.3 Å². The second-order valence-electron chi connectivity index (χ2n) is 6.85. The number of amides is 1. The summed E-state index contributed by atoms with van der Waals surface area (Å²) in [7, 11) is 0. The number of nitrogens with zero attached hydrogens (tertiary/aromatic N) is 2. The fourth-order valence-electron chi connectivity index (χ4n) is 3.01. The molecule has 1 aromatic heterocycles. The van der Waals surface area contributed by atoms with Crippen LogP contribution in [0.3, 0.4) is 0 Å². The molecule has 0 spiro atoms. The number of nitrogens with one attached hydrogen (secondary N) is 1. The highest BCUT2D eigenvalue weighted by molar-refractivity contribution is 6.31. The summed E-state index contributed by atoms with van der Waals surface area (Å²) < 4.78 is 7.99. The summed E-state index contributed by atoms with van der Waals surface area (Å²) in [6, 6.07) is 13.3. The molecule has 0 bridgehead atoms. The monoisotopic (exact) mass is 397 g/mol.